The smallest absolute Gasteiger partial charge is 0.257 e. The summed E-state index contributed by atoms with van der Waals surface area (Å²) in [5, 5.41) is 5.68. The maximum Gasteiger partial charge on any atom is 0.257 e. The second kappa shape index (κ2) is 6.56. The van der Waals surface area contributed by atoms with Crippen molar-refractivity contribution in [2.24, 2.45) is 0 Å². The van der Waals surface area contributed by atoms with Crippen molar-refractivity contribution in [1.29, 1.82) is 0 Å². The SMILES string of the molecule is CNC(=O)c1cc(NC(=O)c2ccncc2Cl)ccc1Cl. The van der Waals surface area contributed by atoms with Crippen molar-refractivity contribution in [2.75, 3.05) is 12.4 Å². The van der Waals surface area contributed by atoms with Crippen molar-refractivity contribution in [3.63, 3.8) is 0 Å². The predicted octanol–water partition coefficient (Wildman–Crippen LogP) is 3.00. The molecule has 108 valence electrons. The highest BCUT2D eigenvalue weighted by Crippen LogP contribution is 2.22. The number of carbonyl (C=O) groups excluding carboxylic acids is 2. The van der Waals surface area contributed by atoms with Gasteiger partial charge >= 0.3 is 0 Å². The number of aromatic nitrogens is 1. The van der Waals surface area contributed by atoms with E-state index in [2.05, 4.69) is 15.6 Å². The normalized spacial score (nSPS) is 10.0. The number of carbonyl (C=O) groups is 2. The molecule has 1 aromatic carbocycles. The Morgan fingerprint density at radius 2 is 1.81 bits per heavy atom. The van der Waals surface area contributed by atoms with Crippen molar-refractivity contribution in [1.82, 2.24) is 10.3 Å². The zero-order chi connectivity index (χ0) is 15.4. The number of anilines is 1. The molecule has 7 heteroatoms. The van der Waals surface area contributed by atoms with E-state index in [4.69, 9.17) is 23.2 Å². The van der Waals surface area contributed by atoms with Gasteiger partial charge in [0.2, 0.25) is 0 Å². The van der Waals surface area contributed by atoms with Gasteiger partial charge in [-0.2, -0.15) is 0 Å². The monoisotopic (exact) mass is 323 g/mol. The number of hydrogen-bond donors (Lipinski definition) is 2. The first kappa shape index (κ1) is 15.3. The minimum absolute atomic E-state index is 0.246. The van der Waals surface area contributed by atoms with Crippen LogP contribution in [0.25, 0.3) is 0 Å². The number of amides is 2. The molecule has 2 N–H and O–H groups in total. The van der Waals surface area contributed by atoms with Crippen LogP contribution in [0.2, 0.25) is 10.0 Å². The van der Waals surface area contributed by atoms with Gasteiger partial charge in [-0.25, -0.2) is 0 Å². The Labute approximate surface area is 131 Å². The zero-order valence-corrected chi connectivity index (χ0v) is 12.5. The molecule has 0 atom stereocenters. The Balaban J connectivity index is 2.26. The summed E-state index contributed by atoms with van der Waals surface area (Å²) in [7, 11) is 1.50. The van der Waals surface area contributed by atoms with E-state index in [1.165, 1.54) is 37.6 Å². The van der Waals surface area contributed by atoms with Gasteiger partial charge in [0.05, 0.1) is 21.2 Å². The molecule has 0 saturated carbocycles. The van der Waals surface area contributed by atoms with E-state index in [-0.39, 0.29) is 16.5 Å². The van der Waals surface area contributed by atoms with E-state index in [0.29, 0.717) is 16.3 Å². The third-order valence-corrected chi connectivity index (χ3v) is 3.34. The van der Waals surface area contributed by atoms with Gasteiger partial charge in [0.1, 0.15) is 0 Å². The Hall–Kier alpha value is -2.11. The molecule has 2 aromatic rings. The second-order valence-corrected chi connectivity index (χ2v) is 4.90. The van der Waals surface area contributed by atoms with Crippen LogP contribution in [0.1, 0.15) is 20.7 Å². The minimum atomic E-state index is -0.396. The molecule has 0 aliphatic carbocycles. The van der Waals surface area contributed by atoms with Crippen LogP contribution in [0.3, 0.4) is 0 Å². The maximum atomic E-state index is 12.1. The van der Waals surface area contributed by atoms with Crippen LogP contribution in [-0.2, 0) is 0 Å². The Bertz CT molecular complexity index is 704. The van der Waals surface area contributed by atoms with Gasteiger partial charge in [0, 0.05) is 25.1 Å². The Kier molecular flexibility index (Phi) is 4.77. The molecule has 0 spiro atoms. The summed E-state index contributed by atoms with van der Waals surface area (Å²) in [4.78, 5) is 27.6. The summed E-state index contributed by atoms with van der Waals surface area (Å²) in [6.07, 6.45) is 2.85. The number of nitrogens with zero attached hydrogens (tertiary/aromatic N) is 1. The highest BCUT2D eigenvalue weighted by Gasteiger charge is 2.13. The Morgan fingerprint density at radius 3 is 2.48 bits per heavy atom. The molecule has 0 unspecified atom stereocenters. The Morgan fingerprint density at radius 1 is 1.05 bits per heavy atom. The average molecular weight is 324 g/mol. The van der Waals surface area contributed by atoms with E-state index in [0.717, 1.165) is 0 Å². The first-order valence-corrected chi connectivity index (χ1v) is 6.71. The summed E-state index contributed by atoms with van der Waals surface area (Å²) in [5.41, 5.74) is 1.01. The number of nitrogens with one attached hydrogen (secondary N) is 2. The van der Waals surface area contributed by atoms with Crippen LogP contribution in [0.15, 0.2) is 36.7 Å². The molecule has 5 nitrogen and oxygen atoms in total. The molecule has 0 saturated heterocycles. The summed E-state index contributed by atoms with van der Waals surface area (Å²) in [5.74, 6) is -0.731. The summed E-state index contributed by atoms with van der Waals surface area (Å²) in [6.45, 7) is 0. The van der Waals surface area contributed by atoms with Gasteiger partial charge in [-0.3, -0.25) is 14.6 Å². The molecular formula is C14H11Cl2N3O2. The number of benzene rings is 1. The lowest BCUT2D eigenvalue weighted by molar-refractivity contribution is 0.0961. The van der Waals surface area contributed by atoms with Crippen LogP contribution in [0.4, 0.5) is 5.69 Å². The van der Waals surface area contributed by atoms with E-state index >= 15 is 0 Å². The highest BCUT2D eigenvalue weighted by molar-refractivity contribution is 6.35. The van der Waals surface area contributed by atoms with Crippen LogP contribution in [0.5, 0.6) is 0 Å². The number of pyridine rings is 1. The largest absolute Gasteiger partial charge is 0.355 e. The third kappa shape index (κ3) is 3.51. The van der Waals surface area contributed by atoms with Crippen molar-refractivity contribution in [2.45, 2.75) is 0 Å². The summed E-state index contributed by atoms with van der Waals surface area (Å²) >= 11 is 11.9. The van der Waals surface area contributed by atoms with Crippen molar-refractivity contribution in [3.8, 4) is 0 Å². The van der Waals surface area contributed by atoms with Crippen molar-refractivity contribution < 1.29 is 9.59 Å². The fourth-order valence-corrected chi connectivity index (χ4v) is 2.08. The molecule has 0 aliphatic rings. The second-order valence-electron chi connectivity index (χ2n) is 4.08. The summed E-state index contributed by atoms with van der Waals surface area (Å²) in [6, 6.07) is 6.14. The number of halogens is 2. The van der Waals surface area contributed by atoms with Crippen LogP contribution in [-0.4, -0.2) is 23.8 Å². The molecule has 0 aliphatic heterocycles. The first-order valence-electron chi connectivity index (χ1n) is 5.95. The van der Waals surface area contributed by atoms with Gasteiger partial charge in [-0.05, 0) is 24.3 Å². The topological polar surface area (TPSA) is 71.1 Å². The average Bonchev–Trinajstić information content (AvgIpc) is 2.48. The minimum Gasteiger partial charge on any atom is -0.355 e. The standard InChI is InChI=1S/C14H11Cl2N3O2/c1-17-13(20)10-6-8(2-3-11(10)15)19-14(21)9-4-5-18-7-12(9)16/h2-7H,1H3,(H,17,20)(H,19,21). The van der Waals surface area contributed by atoms with Crippen LogP contribution >= 0.6 is 23.2 Å². The van der Waals surface area contributed by atoms with Crippen molar-refractivity contribution >= 4 is 40.7 Å². The van der Waals surface area contributed by atoms with Gasteiger partial charge in [-0.1, -0.05) is 23.2 Å². The van der Waals surface area contributed by atoms with Gasteiger partial charge in [0.15, 0.2) is 0 Å². The van der Waals surface area contributed by atoms with E-state index < -0.39 is 5.91 Å². The maximum absolute atomic E-state index is 12.1. The van der Waals surface area contributed by atoms with E-state index in [1.54, 1.807) is 6.07 Å². The molecule has 2 amide bonds. The lowest BCUT2D eigenvalue weighted by Crippen LogP contribution is -2.19. The van der Waals surface area contributed by atoms with Crippen LogP contribution in [0, 0.1) is 0 Å². The molecule has 0 radical (unpaired) electrons. The molecule has 0 fully saturated rings. The summed E-state index contributed by atoms with van der Waals surface area (Å²) < 4.78 is 0. The molecule has 0 bridgehead atoms. The van der Waals surface area contributed by atoms with Crippen LogP contribution < -0.4 is 10.6 Å². The van der Waals surface area contributed by atoms with Gasteiger partial charge in [0.25, 0.3) is 11.8 Å². The van der Waals surface area contributed by atoms with E-state index in [9.17, 15) is 9.59 Å². The third-order valence-electron chi connectivity index (χ3n) is 2.71. The molecular weight excluding hydrogens is 313 g/mol. The number of rotatable bonds is 3. The molecule has 2 rings (SSSR count). The van der Waals surface area contributed by atoms with Gasteiger partial charge in [-0.15, -0.1) is 0 Å². The van der Waals surface area contributed by atoms with E-state index in [1.807, 2.05) is 0 Å². The first-order chi connectivity index (χ1) is 10.0. The predicted molar refractivity (Wildman–Crippen MR) is 82.0 cm³/mol. The fraction of sp³-hybridized carbons (Fsp3) is 0.0714. The van der Waals surface area contributed by atoms with Gasteiger partial charge < -0.3 is 10.6 Å². The number of hydrogen-bond acceptors (Lipinski definition) is 3. The van der Waals surface area contributed by atoms with Crippen molar-refractivity contribution in [3.05, 3.63) is 57.8 Å². The molecule has 21 heavy (non-hydrogen) atoms. The fourth-order valence-electron chi connectivity index (χ4n) is 1.67. The molecule has 1 aromatic heterocycles. The lowest BCUT2D eigenvalue weighted by Gasteiger charge is -2.09. The zero-order valence-electron chi connectivity index (χ0n) is 11.0. The highest BCUT2D eigenvalue weighted by atomic mass is 35.5. The molecule has 1 heterocycles. The quantitative estimate of drug-likeness (QED) is 0.912. The lowest BCUT2D eigenvalue weighted by atomic mass is 10.1.